The van der Waals surface area contributed by atoms with Gasteiger partial charge in [-0.2, -0.15) is 0 Å². The van der Waals surface area contributed by atoms with Crippen molar-refractivity contribution in [2.75, 3.05) is 20.2 Å². The number of amides is 1. The number of halogens is 2. The Balaban J connectivity index is 1.82. The first-order valence-corrected chi connectivity index (χ1v) is 8.47. The number of nitrogens with zero attached hydrogens (tertiary/aromatic N) is 1. The highest BCUT2D eigenvalue weighted by molar-refractivity contribution is 5.94. The normalized spacial score (nSPS) is 17.9. The fourth-order valence-electron chi connectivity index (χ4n) is 3.33. The number of carbonyl (C=O) groups excluding carboxylic acids is 1. The van der Waals surface area contributed by atoms with Gasteiger partial charge in [0.15, 0.2) is 0 Å². The van der Waals surface area contributed by atoms with E-state index in [1.54, 1.807) is 12.0 Å². The Morgan fingerprint density at radius 1 is 1.08 bits per heavy atom. The molecule has 0 spiro atoms. The van der Waals surface area contributed by atoms with Crippen molar-refractivity contribution in [3.8, 4) is 5.75 Å². The zero-order valence-corrected chi connectivity index (χ0v) is 14.2. The summed E-state index contributed by atoms with van der Waals surface area (Å²) in [4.78, 5) is 14.3. The van der Waals surface area contributed by atoms with Gasteiger partial charge < -0.3 is 9.64 Å². The molecule has 1 atom stereocenters. The third-order valence-electron chi connectivity index (χ3n) is 4.72. The maximum Gasteiger partial charge on any atom is 0.259 e. The molecule has 5 heteroatoms. The maximum absolute atomic E-state index is 14.0. The van der Waals surface area contributed by atoms with Crippen LogP contribution >= 0.6 is 0 Å². The van der Waals surface area contributed by atoms with Crippen molar-refractivity contribution >= 4 is 5.91 Å². The van der Waals surface area contributed by atoms with E-state index >= 15 is 0 Å². The number of ether oxygens (including phenoxy) is 1. The molecule has 1 saturated heterocycles. The van der Waals surface area contributed by atoms with Crippen LogP contribution in [0.25, 0.3) is 0 Å². The van der Waals surface area contributed by atoms with Gasteiger partial charge in [0.1, 0.15) is 22.9 Å². The van der Waals surface area contributed by atoms with E-state index in [-0.39, 0.29) is 5.92 Å². The molecule has 1 fully saturated rings. The Morgan fingerprint density at radius 2 is 1.76 bits per heavy atom. The molecule has 25 heavy (non-hydrogen) atoms. The lowest BCUT2D eigenvalue weighted by Crippen LogP contribution is -2.35. The molecule has 1 amide bonds. The topological polar surface area (TPSA) is 29.5 Å². The quantitative estimate of drug-likeness (QED) is 0.826. The summed E-state index contributed by atoms with van der Waals surface area (Å²) in [6, 6.07) is 11.3. The van der Waals surface area contributed by atoms with E-state index in [4.69, 9.17) is 4.74 Å². The standard InChI is InChI=1S/C20H21F2NO2/c1-25-16-10-8-14(9-11-16)15-5-2-3-12-23(13-15)20(24)19-17(21)6-4-7-18(19)22/h4,6-11,15H,2-3,5,12-13H2,1H3. The molecule has 3 rings (SSSR count). The molecule has 0 aromatic heterocycles. The second-order valence-electron chi connectivity index (χ2n) is 6.31. The first-order chi connectivity index (χ1) is 12.1. The van der Waals surface area contributed by atoms with Crippen LogP contribution in [0.5, 0.6) is 5.75 Å². The summed E-state index contributed by atoms with van der Waals surface area (Å²) in [6.45, 7) is 0.970. The van der Waals surface area contributed by atoms with Gasteiger partial charge in [0.25, 0.3) is 5.91 Å². The molecule has 1 heterocycles. The van der Waals surface area contributed by atoms with Crippen molar-refractivity contribution in [2.24, 2.45) is 0 Å². The van der Waals surface area contributed by atoms with E-state index in [1.807, 2.05) is 24.3 Å². The zero-order chi connectivity index (χ0) is 17.8. The molecule has 0 bridgehead atoms. The summed E-state index contributed by atoms with van der Waals surface area (Å²) in [5, 5.41) is 0. The van der Waals surface area contributed by atoms with E-state index in [9.17, 15) is 13.6 Å². The lowest BCUT2D eigenvalue weighted by atomic mass is 9.94. The van der Waals surface area contributed by atoms with E-state index in [2.05, 4.69) is 0 Å². The van der Waals surface area contributed by atoms with Crippen molar-refractivity contribution in [2.45, 2.75) is 25.2 Å². The van der Waals surface area contributed by atoms with Crippen LogP contribution in [-0.2, 0) is 0 Å². The number of methoxy groups -OCH3 is 1. The second kappa shape index (κ2) is 7.64. The number of likely N-dealkylation sites (tertiary alicyclic amines) is 1. The van der Waals surface area contributed by atoms with Crippen LogP contribution in [-0.4, -0.2) is 31.0 Å². The fraction of sp³-hybridized carbons (Fsp3) is 0.350. The monoisotopic (exact) mass is 345 g/mol. The summed E-state index contributed by atoms with van der Waals surface area (Å²) in [7, 11) is 1.62. The fourth-order valence-corrected chi connectivity index (χ4v) is 3.33. The van der Waals surface area contributed by atoms with Gasteiger partial charge in [0.2, 0.25) is 0 Å². The summed E-state index contributed by atoms with van der Waals surface area (Å²) in [5.41, 5.74) is 0.646. The summed E-state index contributed by atoms with van der Waals surface area (Å²) in [6.07, 6.45) is 2.74. The number of carbonyl (C=O) groups is 1. The number of hydrogen-bond acceptors (Lipinski definition) is 2. The number of hydrogen-bond donors (Lipinski definition) is 0. The van der Waals surface area contributed by atoms with Gasteiger partial charge in [0.05, 0.1) is 7.11 Å². The maximum atomic E-state index is 14.0. The van der Waals surface area contributed by atoms with Crippen molar-refractivity contribution in [1.82, 2.24) is 4.90 Å². The van der Waals surface area contributed by atoms with E-state index < -0.39 is 23.1 Å². The molecule has 132 valence electrons. The van der Waals surface area contributed by atoms with Crippen molar-refractivity contribution in [3.63, 3.8) is 0 Å². The van der Waals surface area contributed by atoms with Crippen LogP contribution in [0.2, 0.25) is 0 Å². The van der Waals surface area contributed by atoms with E-state index in [0.29, 0.717) is 13.1 Å². The third kappa shape index (κ3) is 3.81. The van der Waals surface area contributed by atoms with E-state index in [0.717, 1.165) is 42.7 Å². The minimum Gasteiger partial charge on any atom is -0.497 e. The first kappa shape index (κ1) is 17.4. The molecule has 0 saturated carbocycles. The van der Waals surface area contributed by atoms with Crippen LogP contribution < -0.4 is 4.74 Å². The zero-order valence-electron chi connectivity index (χ0n) is 14.2. The molecule has 1 unspecified atom stereocenters. The molecule has 2 aromatic carbocycles. The Bertz CT molecular complexity index is 726. The molecule has 1 aliphatic heterocycles. The van der Waals surface area contributed by atoms with Gasteiger partial charge in [-0.05, 0) is 42.7 Å². The molecule has 1 aliphatic rings. The minimum atomic E-state index is -0.810. The highest BCUT2D eigenvalue weighted by Gasteiger charge is 2.27. The van der Waals surface area contributed by atoms with Crippen LogP contribution in [0.1, 0.15) is 41.1 Å². The van der Waals surface area contributed by atoms with Gasteiger partial charge in [-0.1, -0.05) is 24.6 Å². The second-order valence-corrected chi connectivity index (χ2v) is 6.31. The summed E-state index contributed by atoms with van der Waals surface area (Å²) in [5.74, 6) is -1.27. The average molecular weight is 345 g/mol. The first-order valence-electron chi connectivity index (χ1n) is 8.47. The van der Waals surface area contributed by atoms with Crippen LogP contribution in [0, 0.1) is 11.6 Å². The van der Waals surface area contributed by atoms with Crippen LogP contribution in [0.15, 0.2) is 42.5 Å². The SMILES string of the molecule is COc1ccc(C2CCCCN(C(=O)c3c(F)cccc3F)C2)cc1. The third-order valence-corrected chi connectivity index (χ3v) is 4.72. The highest BCUT2D eigenvalue weighted by atomic mass is 19.1. The van der Waals surface area contributed by atoms with Crippen molar-refractivity contribution < 1.29 is 18.3 Å². The van der Waals surface area contributed by atoms with Gasteiger partial charge in [0, 0.05) is 19.0 Å². The minimum absolute atomic E-state index is 0.146. The largest absolute Gasteiger partial charge is 0.497 e. The highest BCUT2D eigenvalue weighted by Crippen LogP contribution is 2.29. The van der Waals surface area contributed by atoms with Crippen LogP contribution in [0.4, 0.5) is 8.78 Å². The van der Waals surface area contributed by atoms with Gasteiger partial charge in [-0.25, -0.2) is 8.78 Å². The average Bonchev–Trinajstić information content (AvgIpc) is 2.88. The smallest absolute Gasteiger partial charge is 0.259 e. The van der Waals surface area contributed by atoms with Crippen molar-refractivity contribution in [3.05, 3.63) is 65.2 Å². The van der Waals surface area contributed by atoms with E-state index in [1.165, 1.54) is 6.07 Å². The summed E-state index contributed by atoms with van der Waals surface area (Å²) >= 11 is 0. The number of rotatable bonds is 3. The van der Waals surface area contributed by atoms with Crippen molar-refractivity contribution in [1.29, 1.82) is 0 Å². The molecule has 2 aromatic rings. The summed E-state index contributed by atoms with van der Waals surface area (Å²) < 4.78 is 33.1. The molecular weight excluding hydrogens is 324 g/mol. The van der Waals surface area contributed by atoms with Gasteiger partial charge in [-0.15, -0.1) is 0 Å². The predicted molar refractivity (Wildman–Crippen MR) is 91.8 cm³/mol. The molecular formula is C20H21F2NO2. The molecule has 0 N–H and O–H groups in total. The predicted octanol–water partition coefficient (Wildman–Crippen LogP) is 4.38. The molecule has 3 nitrogen and oxygen atoms in total. The Morgan fingerprint density at radius 3 is 2.40 bits per heavy atom. The van der Waals surface area contributed by atoms with Crippen LogP contribution in [0.3, 0.4) is 0 Å². The van der Waals surface area contributed by atoms with Gasteiger partial charge >= 0.3 is 0 Å². The number of benzene rings is 2. The molecule has 0 radical (unpaired) electrons. The Labute approximate surface area is 146 Å². The lowest BCUT2D eigenvalue weighted by Gasteiger charge is -2.25. The van der Waals surface area contributed by atoms with Gasteiger partial charge in [-0.3, -0.25) is 4.79 Å². The Kier molecular flexibility index (Phi) is 5.31. The Hall–Kier alpha value is -2.43. The molecule has 0 aliphatic carbocycles. The lowest BCUT2D eigenvalue weighted by molar-refractivity contribution is 0.0744.